The number of nitrogens with zero attached hydrogens (tertiary/aromatic N) is 3. The summed E-state index contributed by atoms with van der Waals surface area (Å²) in [6, 6.07) is 21.3. The van der Waals surface area contributed by atoms with Crippen molar-refractivity contribution in [2.24, 2.45) is 5.92 Å². The third kappa shape index (κ3) is 4.07. The van der Waals surface area contributed by atoms with Crippen LogP contribution in [-0.2, 0) is 11.4 Å². The molecule has 3 aliphatic rings. The smallest absolute Gasteiger partial charge is 0.0741 e. The molecule has 3 heterocycles. The van der Waals surface area contributed by atoms with Crippen LogP contribution in [0.3, 0.4) is 0 Å². The zero-order chi connectivity index (χ0) is 19.6. The van der Waals surface area contributed by atoms with Gasteiger partial charge < -0.3 is 4.90 Å². The first-order chi connectivity index (χ1) is 14.3. The van der Waals surface area contributed by atoms with Crippen LogP contribution in [-0.4, -0.2) is 49.3 Å². The van der Waals surface area contributed by atoms with E-state index in [1.165, 1.54) is 49.2 Å². The highest BCUT2D eigenvalue weighted by molar-refractivity contribution is 5.48. The van der Waals surface area contributed by atoms with Gasteiger partial charge in [0.1, 0.15) is 0 Å². The summed E-state index contributed by atoms with van der Waals surface area (Å²) < 4.78 is 0. The highest BCUT2D eigenvalue weighted by atomic mass is 16.7. The Bertz CT molecular complexity index is 787. The molecule has 0 bridgehead atoms. The highest BCUT2D eigenvalue weighted by Crippen LogP contribution is 2.39. The third-order valence-electron chi connectivity index (χ3n) is 7.11. The van der Waals surface area contributed by atoms with E-state index >= 15 is 0 Å². The number of benzene rings is 2. The minimum absolute atomic E-state index is 0.441. The van der Waals surface area contributed by atoms with E-state index in [9.17, 15) is 0 Å². The Balaban J connectivity index is 1.38. The first-order valence-corrected chi connectivity index (χ1v) is 11.3. The van der Waals surface area contributed by atoms with Gasteiger partial charge in [0.25, 0.3) is 0 Å². The minimum atomic E-state index is 0.441. The second kappa shape index (κ2) is 8.47. The van der Waals surface area contributed by atoms with Crippen molar-refractivity contribution < 1.29 is 4.84 Å². The molecule has 29 heavy (non-hydrogen) atoms. The first kappa shape index (κ1) is 19.1. The summed E-state index contributed by atoms with van der Waals surface area (Å²) in [6.07, 6.45) is 5.16. The molecule has 2 aromatic carbocycles. The van der Waals surface area contributed by atoms with E-state index in [0.717, 1.165) is 26.1 Å². The largest absolute Gasteiger partial charge is 0.372 e. The van der Waals surface area contributed by atoms with Crippen molar-refractivity contribution in [2.45, 2.75) is 44.3 Å². The average molecular weight is 392 g/mol. The van der Waals surface area contributed by atoms with E-state index in [0.29, 0.717) is 18.0 Å². The molecule has 5 rings (SSSR count). The second-order valence-corrected chi connectivity index (χ2v) is 8.98. The van der Waals surface area contributed by atoms with E-state index in [4.69, 9.17) is 4.84 Å². The molecular weight excluding hydrogens is 358 g/mol. The highest BCUT2D eigenvalue weighted by Gasteiger charge is 2.42. The van der Waals surface area contributed by atoms with E-state index in [1.807, 2.05) is 0 Å². The summed E-state index contributed by atoms with van der Waals surface area (Å²) in [4.78, 5) is 11.1. The second-order valence-electron chi connectivity index (χ2n) is 8.98. The monoisotopic (exact) mass is 391 g/mol. The van der Waals surface area contributed by atoms with E-state index in [2.05, 4.69) is 76.5 Å². The SMILES string of the molecule is CN1OC[C@@H]2CN(Cc3ccccc3)[C@H](c3ccc(N4CCCCC4)cc3)C[C@@H]21. The van der Waals surface area contributed by atoms with Gasteiger partial charge in [0.2, 0.25) is 0 Å². The molecule has 0 radical (unpaired) electrons. The molecule has 0 spiro atoms. The van der Waals surface area contributed by atoms with E-state index in [-0.39, 0.29) is 0 Å². The molecule has 3 saturated heterocycles. The predicted octanol–water partition coefficient (Wildman–Crippen LogP) is 4.49. The molecule has 0 N–H and O–H groups in total. The zero-order valence-corrected chi connectivity index (χ0v) is 17.5. The Morgan fingerprint density at radius 1 is 0.931 bits per heavy atom. The quantitative estimate of drug-likeness (QED) is 0.764. The lowest BCUT2D eigenvalue weighted by Gasteiger charge is -2.42. The summed E-state index contributed by atoms with van der Waals surface area (Å²) in [5, 5.41) is 2.11. The summed E-state index contributed by atoms with van der Waals surface area (Å²) >= 11 is 0. The molecule has 4 nitrogen and oxygen atoms in total. The van der Waals surface area contributed by atoms with Crippen molar-refractivity contribution in [3.63, 3.8) is 0 Å². The minimum Gasteiger partial charge on any atom is -0.372 e. The molecule has 3 atom stereocenters. The van der Waals surface area contributed by atoms with Gasteiger partial charge >= 0.3 is 0 Å². The maximum absolute atomic E-state index is 5.88. The van der Waals surface area contributed by atoms with Crippen molar-refractivity contribution in [3.8, 4) is 0 Å². The lowest BCUT2D eigenvalue weighted by atomic mass is 9.85. The van der Waals surface area contributed by atoms with Crippen LogP contribution < -0.4 is 4.90 Å². The molecule has 0 unspecified atom stereocenters. The Kier molecular flexibility index (Phi) is 5.58. The van der Waals surface area contributed by atoms with Crippen molar-refractivity contribution in [1.82, 2.24) is 9.96 Å². The number of anilines is 1. The molecule has 154 valence electrons. The molecule has 0 aliphatic carbocycles. The molecule has 3 fully saturated rings. The summed E-state index contributed by atoms with van der Waals surface area (Å²) in [6.45, 7) is 5.37. The Morgan fingerprint density at radius 3 is 2.45 bits per heavy atom. The molecule has 4 heteroatoms. The van der Waals surface area contributed by atoms with E-state index < -0.39 is 0 Å². The van der Waals surface area contributed by atoms with Gasteiger partial charge in [-0.3, -0.25) is 9.74 Å². The summed E-state index contributed by atoms with van der Waals surface area (Å²) in [5.74, 6) is 0.604. The average Bonchev–Trinajstić information content (AvgIpc) is 3.14. The number of fused-ring (bicyclic) bond motifs is 1. The van der Waals surface area contributed by atoms with Crippen LogP contribution in [0.1, 0.15) is 42.9 Å². The number of hydrogen-bond donors (Lipinski definition) is 0. The zero-order valence-electron chi connectivity index (χ0n) is 17.5. The number of hydroxylamine groups is 2. The topological polar surface area (TPSA) is 19.0 Å². The lowest BCUT2D eigenvalue weighted by molar-refractivity contribution is -0.114. The number of likely N-dealkylation sites (tertiary alicyclic amines) is 1. The summed E-state index contributed by atoms with van der Waals surface area (Å²) in [7, 11) is 2.11. The maximum atomic E-state index is 5.88. The Morgan fingerprint density at radius 2 is 1.69 bits per heavy atom. The lowest BCUT2D eigenvalue weighted by Crippen LogP contribution is -2.46. The van der Waals surface area contributed by atoms with Crippen molar-refractivity contribution in [3.05, 3.63) is 65.7 Å². The van der Waals surface area contributed by atoms with Gasteiger partial charge in [-0.05, 0) is 48.9 Å². The first-order valence-electron chi connectivity index (χ1n) is 11.3. The third-order valence-corrected chi connectivity index (χ3v) is 7.11. The van der Waals surface area contributed by atoms with Gasteiger partial charge in [-0.25, -0.2) is 0 Å². The van der Waals surface area contributed by atoms with Gasteiger partial charge in [0.05, 0.1) is 6.61 Å². The van der Waals surface area contributed by atoms with Gasteiger partial charge in [-0.2, -0.15) is 5.06 Å². The van der Waals surface area contributed by atoms with Crippen LogP contribution >= 0.6 is 0 Å². The van der Waals surface area contributed by atoms with Crippen LogP contribution in [0, 0.1) is 5.92 Å². The molecule has 0 aromatic heterocycles. The number of piperidine rings is 2. The van der Waals surface area contributed by atoms with Crippen LogP contribution in [0.2, 0.25) is 0 Å². The van der Waals surface area contributed by atoms with Crippen LogP contribution in [0.15, 0.2) is 54.6 Å². The summed E-state index contributed by atoms with van der Waals surface area (Å²) in [5.41, 5.74) is 4.23. The van der Waals surface area contributed by atoms with Gasteiger partial charge in [0.15, 0.2) is 0 Å². The fraction of sp³-hybridized carbons (Fsp3) is 0.520. The molecule has 0 saturated carbocycles. The number of rotatable bonds is 4. The molecule has 0 amide bonds. The Labute approximate surface area is 175 Å². The van der Waals surface area contributed by atoms with Gasteiger partial charge in [0, 0.05) is 56.9 Å². The standard InChI is InChI=1S/C25H33N3O/c1-26-24-16-25(21-10-12-23(13-11-21)27-14-6-3-7-15-27)28(18-22(24)19-29-26)17-20-8-4-2-5-9-20/h2,4-5,8-13,22,24-25H,3,6-7,14-19H2,1H3/t22-,24-,25-/m0/s1. The fourth-order valence-corrected chi connectivity index (χ4v) is 5.44. The van der Waals surface area contributed by atoms with Crippen molar-refractivity contribution >= 4 is 5.69 Å². The Hall–Kier alpha value is -1.88. The van der Waals surface area contributed by atoms with Crippen molar-refractivity contribution in [2.75, 3.05) is 38.2 Å². The van der Waals surface area contributed by atoms with Crippen LogP contribution in [0.25, 0.3) is 0 Å². The fourth-order valence-electron chi connectivity index (χ4n) is 5.44. The normalized spacial score (nSPS) is 28.4. The van der Waals surface area contributed by atoms with Crippen LogP contribution in [0.5, 0.6) is 0 Å². The van der Waals surface area contributed by atoms with Crippen molar-refractivity contribution in [1.29, 1.82) is 0 Å². The molecular formula is C25H33N3O. The predicted molar refractivity (Wildman–Crippen MR) is 118 cm³/mol. The maximum Gasteiger partial charge on any atom is 0.0741 e. The number of hydrogen-bond acceptors (Lipinski definition) is 4. The van der Waals surface area contributed by atoms with Gasteiger partial charge in [-0.15, -0.1) is 0 Å². The molecule has 3 aliphatic heterocycles. The van der Waals surface area contributed by atoms with E-state index in [1.54, 1.807) is 0 Å². The van der Waals surface area contributed by atoms with Gasteiger partial charge in [-0.1, -0.05) is 42.5 Å². The molecule has 2 aromatic rings. The van der Waals surface area contributed by atoms with Crippen LogP contribution in [0.4, 0.5) is 5.69 Å².